The minimum atomic E-state index is 0.0238. The van der Waals surface area contributed by atoms with Crippen molar-refractivity contribution in [1.82, 2.24) is 9.88 Å². The second-order valence-electron chi connectivity index (χ2n) is 7.43. The lowest BCUT2D eigenvalue weighted by molar-refractivity contribution is 0.0986. The molecular weight excluding hydrogens is 398 g/mol. The van der Waals surface area contributed by atoms with Gasteiger partial charge < -0.3 is 4.90 Å². The van der Waals surface area contributed by atoms with Gasteiger partial charge in [-0.3, -0.25) is 9.69 Å². The van der Waals surface area contributed by atoms with Crippen molar-refractivity contribution in [3.63, 3.8) is 0 Å². The molecule has 0 aliphatic rings. The summed E-state index contributed by atoms with van der Waals surface area (Å²) in [6.45, 7) is 7.91. The maximum absolute atomic E-state index is 13.5. The molecule has 0 unspecified atom stereocenters. The lowest BCUT2D eigenvalue weighted by Gasteiger charge is -2.21. The van der Waals surface area contributed by atoms with E-state index in [1.54, 1.807) is 23.1 Å². The molecule has 154 valence electrons. The van der Waals surface area contributed by atoms with Crippen molar-refractivity contribution in [2.75, 3.05) is 37.8 Å². The smallest absolute Gasteiger partial charge is 0.260 e. The Labute approximate surface area is 181 Å². The average molecular weight is 428 g/mol. The van der Waals surface area contributed by atoms with Gasteiger partial charge in [0.05, 0.1) is 10.2 Å². The maximum Gasteiger partial charge on any atom is 0.260 e. The molecule has 0 bridgehead atoms. The van der Waals surface area contributed by atoms with Crippen LogP contribution >= 0.6 is 23.1 Å². The number of carbonyl (C=O) groups is 1. The Morgan fingerprint density at radius 3 is 2.66 bits per heavy atom. The van der Waals surface area contributed by atoms with Crippen LogP contribution in [0.15, 0.2) is 41.3 Å². The molecule has 0 spiro atoms. The highest BCUT2D eigenvalue weighted by atomic mass is 32.2. The highest BCUT2D eigenvalue weighted by Crippen LogP contribution is 2.33. The lowest BCUT2D eigenvalue weighted by atomic mass is 10.1. The van der Waals surface area contributed by atoms with Crippen molar-refractivity contribution < 1.29 is 4.79 Å². The van der Waals surface area contributed by atoms with Crippen molar-refractivity contribution in [2.45, 2.75) is 32.1 Å². The number of hydrogen-bond donors (Lipinski definition) is 0. The molecule has 0 saturated carbocycles. The van der Waals surface area contributed by atoms with Gasteiger partial charge >= 0.3 is 0 Å². The number of aromatic nitrogens is 1. The van der Waals surface area contributed by atoms with Crippen molar-refractivity contribution in [1.29, 1.82) is 0 Å². The number of hydrogen-bond acceptors (Lipinski definition) is 5. The summed E-state index contributed by atoms with van der Waals surface area (Å²) in [5.74, 6) is 1.01. The first-order valence-corrected chi connectivity index (χ1v) is 11.8. The van der Waals surface area contributed by atoms with Gasteiger partial charge in [0.25, 0.3) is 5.91 Å². The Bertz CT molecular complexity index is 997. The number of anilines is 1. The predicted molar refractivity (Wildman–Crippen MR) is 127 cm³/mol. The summed E-state index contributed by atoms with van der Waals surface area (Å²) in [5, 5.41) is 0.783. The van der Waals surface area contributed by atoms with Crippen molar-refractivity contribution in [3.8, 4) is 0 Å². The summed E-state index contributed by atoms with van der Waals surface area (Å²) in [7, 11) is 4.11. The number of aryl methyl sites for hydroxylation is 2. The number of carbonyl (C=O) groups excluding carboxylic acids is 1. The Morgan fingerprint density at radius 2 is 1.93 bits per heavy atom. The third kappa shape index (κ3) is 5.18. The number of amides is 1. The zero-order chi connectivity index (χ0) is 21.0. The van der Waals surface area contributed by atoms with E-state index in [0.29, 0.717) is 6.54 Å². The van der Waals surface area contributed by atoms with E-state index in [4.69, 9.17) is 4.98 Å². The molecule has 2 aromatic carbocycles. The molecule has 4 nitrogen and oxygen atoms in total. The molecule has 3 rings (SSSR count). The van der Waals surface area contributed by atoms with Crippen molar-refractivity contribution in [2.24, 2.45) is 0 Å². The monoisotopic (exact) mass is 427 g/mol. The van der Waals surface area contributed by atoms with Crippen LogP contribution in [0.3, 0.4) is 0 Å². The van der Waals surface area contributed by atoms with Gasteiger partial charge in [-0.25, -0.2) is 4.98 Å². The number of thiazole rings is 1. The maximum atomic E-state index is 13.5. The molecule has 1 amide bonds. The fraction of sp³-hybridized carbons (Fsp3) is 0.391. The van der Waals surface area contributed by atoms with E-state index in [0.717, 1.165) is 44.5 Å². The topological polar surface area (TPSA) is 36.4 Å². The molecule has 0 saturated heterocycles. The van der Waals surface area contributed by atoms with Crippen molar-refractivity contribution in [3.05, 3.63) is 53.1 Å². The highest BCUT2D eigenvalue weighted by molar-refractivity contribution is 7.99. The van der Waals surface area contributed by atoms with Crippen LogP contribution in [0.4, 0.5) is 5.13 Å². The van der Waals surface area contributed by atoms with Crippen LogP contribution in [0.25, 0.3) is 10.2 Å². The van der Waals surface area contributed by atoms with Crippen LogP contribution in [0.5, 0.6) is 0 Å². The van der Waals surface area contributed by atoms with Gasteiger partial charge in [0.1, 0.15) is 0 Å². The summed E-state index contributed by atoms with van der Waals surface area (Å²) in [4.78, 5) is 23.5. The van der Waals surface area contributed by atoms with Gasteiger partial charge in [-0.05, 0) is 82.1 Å². The molecule has 1 aromatic heterocycles. The first-order valence-electron chi connectivity index (χ1n) is 9.97. The number of fused-ring (bicyclic) bond motifs is 1. The summed E-state index contributed by atoms with van der Waals surface area (Å²) >= 11 is 3.35. The molecule has 29 heavy (non-hydrogen) atoms. The Morgan fingerprint density at radius 1 is 1.14 bits per heavy atom. The third-order valence-corrected chi connectivity index (χ3v) is 6.85. The van der Waals surface area contributed by atoms with E-state index in [2.05, 4.69) is 58.0 Å². The zero-order valence-electron chi connectivity index (χ0n) is 17.9. The highest BCUT2D eigenvalue weighted by Gasteiger charge is 2.22. The molecule has 1 heterocycles. The zero-order valence-corrected chi connectivity index (χ0v) is 19.5. The number of benzene rings is 2. The Hall–Kier alpha value is -1.89. The second kappa shape index (κ2) is 9.74. The Balaban J connectivity index is 1.97. The quantitative estimate of drug-likeness (QED) is 0.437. The largest absolute Gasteiger partial charge is 0.309 e. The van der Waals surface area contributed by atoms with Crippen LogP contribution in [0.1, 0.15) is 34.8 Å². The van der Waals surface area contributed by atoms with Crippen LogP contribution < -0.4 is 4.90 Å². The first-order chi connectivity index (χ1) is 13.9. The number of rotatable bonds is 8. The molecular formula is C23H29N3OS2. The van der Waals surface area contributed by atoms with E-state index >= 15 is 0 Å². The molecule has 0 atom stereocenters. The Kier molecular flexibility index (Phi) is 7.33. The van der Waals surface area contributed by atoms with Gasteiger partial charge in [0.2, 0.25) is 0 Å². The fourth-order valence-corrected chi connectivity index (χ4v) is 4.97. The summed E-state index contributed by atoms with van der Waals surface area (Å²) in [6.07, 6.45) is 0.899. The van der Waals surface area contributed by atoms with E-state index in [9.17, 15) is 4.79 Å². The molecule has 0 aliphatic heterocycles. The van der Waals surface area contributed by atoms with Crippen LogP contribution in [0, 0.1) is 13.8 Å². The van der Waals surface area contributed by atoms with E-state index in [-0.39, 0.29) is 5.91 Å². The van der Waals surface area contributed by atoms with Gasteiger partial charge in [-0.2, -0.15) is 0 Å². The van der Waals surface area contributed by atoms with Crippen molar-refractivity contribution >= 4 is 44.4 Å². The molecule has 0 radical (unpaired) electrons. The van der Waals surface area contributed by atoms with Gasteiger partial charge in [0, 0.05) is 17.0 Å². The van der Waals surface area contributed by atoms with Gasteiger partial charge in [-0.1, -0.05) is 30.4 Å². The van der Waals surface area contributed by atoms with Crippen LogP contribution in [-0.4, -0.2) is 48.7 Å². The number of thioether (sulfide) groups is 1. The molecule has 0 fully saturated rings. The average Bonchev–Trinajstić information content (AvgIpc) is 3.13. The normalized spacial score (nSPS) is 11.4. The van der Waals surface area contributed by atoms with E-state index < -0.39 is 0 Å². The first kappa shape index (κ1) is 21.8. The predicted octanol–water partition coefficient (Wildman–Crippen LogP) is 5.62. The van der Waals surface area contributed by atoms with Crippen LogP contribution in [-0.2, 0) is 0 Å². The van der Waals surface area contributed by atoms with Gasteiger partial charge in [0.15, 0.2) is 5.13 Å². The summed E-state index contributed by atoms with van der Waals surface area (Å²) in [5.41, 5.74) is 4.14. The number of nitrogens with zero attached hydrogens (tertiary/aromatic N) is 3. The van der Waals surface area contributed by atoms with Crippen LogP contribution in [0.2, 0.25) is 0 Å². The lowest BCUT2D eigenvalue weighted by Crippen LogP contribution is -2.33. The third-order valence-electron chi connectivity index (χ3n) is 4.93. The minimum Gasteiger partial charge on any atom is -0.309 e. The molecule has 3 aromatic rings. The SMILES string of the molecule is CCSc1cccc(C(=O)N(CCCN(C)C)c2nc3c(C)c(C)ccc3s2)c1. The molecule has 6 heteroatoms. The van der Waals surface area contributed by atoms with E-state index in [1.807, 2.05) is 23.1 Å². The summed E-state index contributed by atoms with van der Waals surface area (Å²) < 4.78 is 1.13. The summed E-state index contributed by atoms with van der Waals surface area (Å²) in [6, 6.07) is 12.2. The molecule has 0 N–H and O–H groups in total. The van der Waals surface area contributed by atoms with E-state index in [1.165, 1.54) is 11.1 Å². The minimum absolute atomic E-state index is 0.0238. The molecule has 0 aliphatic carbocycles. The van der Waals surface area contributed by atoms with Gasteiger partial charge in [-0.15, -0.1) is 11.8 Å². The second-order valence-corrected chi connectivity index (χ2v) is 9.77. The standard InChI is InChI=1S/C23H29N3OS2/c1-6-28-19-10-7-9-18(15-19)22(27)26(14-8-13-25(4)5)23-24-21-17(3)16(2)11-12-20(21)29-23/h7,9-12,15H,6,8,13-14H2,1-5H3. The fourth-order valence-electron chi connectivity index (χ4n) is 3.20.